The van der Waals surface area contributed by atoms with Gasteiger partial charge in [-0.1, -0.05) is 218 Å². The van der Waals surface area contributed by atoms with Gasteiger partial charge in [0.05, 0.1) is 5.41 Å². The summed E-state index contributed by atoms with van der Waals surface area (Å²) >= 11 is 0. The fourth-order valence-electron chi connectivity index (χ4n) is 10.2. The molecule has 0 amide bonds. The lowest BCUT2D eigenvalue weighted by Crippen LogP contribution is -2.28. The number of fused-ring (bicyclic) bond motifs is 7. The van der Waals surface area contributed by atoms with Crippen molar-refractivity contribution in [2.45, 2.75) is 5.41 Å². The van der Waals surface area contributed by atoms with E-state index < -0.39 is 5.41 Å². The smallest absolute Gasteiger partial charge is 0.140 e. The highest BCUT2D eigenvalue weighted by Gasteiger charge is 2.49. The summed E-state index contributed by atoms with van der Waals surface area (Å²) in [6.07, 6.45) is 0. The highest BCUT2D eigenvalue weighted by molar-refractivity contribution is 6.22. The van der Waals surface area contributed by atoms with Gasteiger partial charge in [0.1, 0.15) is 11.3 Å². The first-order chi connectivity index (χ1) is 29.8. The first-order valence-corrected chi connectivity index (χ1v) is 20.8. The molecule has 0 saturated heterocycles. The van der Waals surface area contributed by atoms with Crippen LogP contribution in [-0.4, -0.2) is 0 Å². The van der Waals surface area contributed by atoms with Crippen molar-refractivity contribution in [3.05, 3.63) is 253 Å². The number of para-hydroxylation sites is 1. The Morgan fingerprint density at radius 1 is 0.300 bits per heavy atom. The molecule has 1 aliphatic carbocycles. The molecule has 0 atom stereocenters. The number of hydrogen-bond acceptors (Lipinski definition) is 1. The minimum atomic E-state index is -0.601. The maximum Gasteiger partial charge on any atom is 0.140 e. The van der Waals surface area contributed by atoms with Crippen molar-refractivity contribution in [2.75, 3.05) is 0 Å². The first-order valence-electron chi connectivity index (χ1n) is 20.8. The molecule has 1 aliphatic rings. The minimum absolute atomic E-state index is 0.601. The molecule has 0 N–H and O–H groups in total. The summed E-state index contributed by atoms with van der Waals surface area (Å²) in [4.78, 5) is 0. The molecule has 0 spiro atoms. The Morgan fingerprint density at radius 2 is 0.750 bits per heavy atom. The lowest BCUT2D eigenvalue weighted by Gasteiger charge is -2.33. The quantitative estimate of drug-likeness (QED) is 0.154. The first kappa shape index (κ1) is 34.3. The molecule has 0 aliphatic heterocycles. The zero-order valence-electron chi connectivity index (χ0n) is 32.8. The van der Waals surface area contributed by atoms with Gasteiger partial charge in [0.2, 0.25) is 0 Å². The van der Waals surface area contributed by atoms with Gasteiger partial charge in [-0.05, 0) is 94.9 Å². The summed E-state index contributed by atoms with van der Waals surface area (Å²) in [5, 5.41) is 6.06. The average Bonchev–Trinajstić information content (AvgIpc) is 3.85. The molecule has 60 heavy (non-hydrogen) atoms. The largest absolute Gasteiger partial charge is 0.456 e. The van der Waals surface area contributed by atoms with E-state index in [9.17, 15) is 0 Å². The van der Waals surface area contributed by atoms with Crippen molar-refractivity contribution in [1.82, 2.24) is 0 Å². The van der Waals surface area contributed by atoms with Gasteiger partial charge in [-0.15, -0.1) is 0 Å². The van der Waals surface area contributed by atoms with Crippen molar-refractivity contribution in [2.24, 2.45) is 0 Å². The SMILES string of the molecule is c1ccc(-c2ccc(-c3ccccc3-c3c4ccccc4c(-c4ccc5c(c4)C(c4ccccc4)(c4ccccc4)c4c-5oc5ccccc45)c4ccccc34)cc2)cc1. The molecular formula is C59H38O. The van der Waals surface area contributed by atoms with Crippen LogP contribution in [0.5, 0.6) is 0 Å². The van der Waals surface area contributed by atoms with Crippen molar-refractivity contribution in [1.29, 1.82) is 0 Å². The maximum absolute atomic E-state index is 6.86. The fourth-order valence-corrected chi connectivity index (χ4v) is 10.2. The second-order valence-corrected chi connectivity index (χ2v) is 15.9. The van der Waals surface area contributed by atoms with Crippen LogP contribution in [0.4, 0.5) is 0 Å². The van der Waals surface area contributed by atoms with Crippen LogP contribution in [0, 0.1) is 0 Å². The molecule has 10 aromatic carbocycles. The fraction of sp³-hybridized carbons (Fsp3) is 0.0169. The van der Waals surface area contributed by atoms with E-state index in [1.807, 2.05) is 0 Å². The third-order valence-corrected chi connectivity index (χ3v) is 12.8. The third-order valence-electron chi connectivity index (χ3n) is 12.8. The number of rotatable bonds is 6. The van der Waals surface area contributed by atoms with E-state index in [-0.39, 0.29) is 0 Å². The normalized spacial score (nSPS) is 12.8. The molecule has 1 heteroatoms. The Morgan fingerprint density at radius 3 is 1.37 bits per heavy atom. The van der Waals surface area contributed by atoms with Crippen LogP contribution in [0.25, 0.3) is 88.3 Å². The average molecular weight is 763 g/mol. The van der Waals surface area contributed by atoms with Crippen molar-refractivity contribution in [3.63, 3.8) is 0 Å². The monoisotopic (exact) mass is 762 g/mol. The molecule has 1 nitrogen and oxygen atoms in total. The van der Waals surface area contributed by atoms with E-state index in [1.54, 1.807) is 0 Å². The Labute approximate surface area is 349 Å². The van der Waals surface area contributed by atoms with E-state index in [2.05, 4.69) is 231 Å². The second kappa shape index (κ2) is 13.7. The molecular weight excluding hydrogens is 725 g/mol. The van der Waals surface area contributed by atoms with Gasteiger partial charge in [-0.3, -0.25) is 0 Å². The topological polar surface area (TPSA) is 13.1 Å². The Kier molecular flexibility index (Phi) is 7.83. The Balaban J connectivity index is 1.11. The van der Waals surface area contributed by atoms with E-state index >= 15 is 0 Å². The van der Waals surface area contributed by atoms with Crippen LogP contribution in [0.15, 0.2) is 235 Å². The number of furan rings is 1. The van der Waals surface area contributed by atoms with Crippen LogP contribution < -0.4 is 0 Å². The Hall–Kier alpha value is -7.74. The van der Waals surface area contributed by atoms with Crippen LogP contribution in [0.1, 0.15) is 22.3 Å². The molecule has 1 heterocycles. The molecule has 0 unspecified atom stereocenters. The predicted molar refractivity (Wildman–Crippen MR) is 250 cm³/mol. The van der Waals surface area contributed by atoms with Crippen LogP contribution in [0.3, 0.4) is 0 Å². The summed E-state index contributed by atoms with van der Waals surface area (Å²) in [5.74, 6) is 0.948. The molecule has 11 aromatic rings. The van der Waals surface area contributed by atoms with E-state index in [1.165, 1.54) is 88.3 Å². The summed E-state index contributed by atoms with van der Waals surface area (Å²) in [7, 11) is 0. The summed E-state index contributed by atoms with van der Waals surface area (Å²) in [5.41, 5.74) is 16.1. The highest BCUT2D eigenvalue weighted by Crippen LogP contribution is 2.60. The second-order valence-electron chi connectivity index (χ2n) is 15.9. The zero-order chi connectivity index (χ0) is 39.6. The van der Waals surface area contributed by atoms with Gasteiger partial charge in [-0.2, -0.15) is 0 Å². The van der Waals surface area contributed by atoms with Gasteiger partial charge in [-0.25, -0.2) is 0 Å². The molecule has 0 fully saturated rings. The van der Waals surface area contributed by atoms with E-state index in [4.69, 9.17) is 4.42 Å². The summed E-state index contributed by atoms with van der Waals surface area (Å²) in [6.45, 7) is 0. The molecule has 1 aromatic heterocycles. The summed E-state index contributed by atoms with van der Waals surface area (Å²) in [6, 6.07) is 84.1. The lowest BCUT2D eigenvalue weighted by molar-refractivity contribution is 0.628. The molecule has 12 rings (SSSR count). The standard InChI is InChI=1S/C59H38O/c1-4-18-39(19-5-1)40-32-34-41(35-33-40)45-24-10-11-25-46(45)56-49-28-14-12-26-47(49)55(48-27-13-15-29-50(48)56)42-36-37-51-53(38-42)59(43-20-6-2-7-21-43,44-22-8-3-9-23-44)57-52-30-16-17-31-54(52)60-58(51)57/h1-38H. The molecule has 280 valence electrons. The minimum Gasteiger partial charge on any atom is -0.456 e. The number of hydrogen-bond donors (Lipinski definition) is 0. The van der Waals surface area contributed by atoms with Crippen LogP contribution >= 0.6 is 0 Å². The highest BCUT2D eigenvalue weighted by atomic mass is 16.3. The maximum atomic E-state index is 6.86. The molecule has 0 radical (unpaired) electrons. The van der Waals surface area contributed by atoms with Gasteiger partial charge in [0, 0.05) is 16.5 Å². The van der Waals surface area contributed by atoms with E-state index in [0.29, 0.717) is 0 Å². The van der Waals surface area contributed by atoms with Crippen LogP contribution in [-0.2, 0) is 5.41 Å². The third kappa shape index (κ3) is 5.06. The molecule has 0 bridgehead atoms. The van der Waals surface area contributed by atoms with E-state index in [0.717, 1.165) is 22.3 Å². The number of benzene rings is 10. The van der Waals surface area contributed by atoms with Crippen molar-refractivity contribution < 1.29 is 4.42 Å². The zero-order valence-corrected chi connectivity index (χ0v) is 32.8. The lowest BCUT2D eigenvalue weighted by atomic mass is 9.67. The van der Waals surface area contributed by atoms with Gasteiger partial charge in [0.15, 0.2) is 0 Å². The van der Waals surface area contributed by atoms with Gasteiger partial charge in [0.25, 0.3) is 0 Å². The van der Waals surface area contributed by atoms with Crippen molar-refractivity contribution >= 4 is 32.5 Å². The predicted octanol–water partition coefficient (Wildman–Crippen LogP) is 15.8. The van der Waals surface area contributed by atoms with Gasteiger partial charge >= 0.3 is 0 Å². The van der Waals surface area contributed by atoms with Gasteiger partial charge < -0.3 is 4.42 Å². The van der Waals surface area contributed by atoms with Crippen molar-refractivity contribution in [3.8, 4) is 55.8 Å². The molecule has 0 saturated carbocycles. The summed E-state index contributed by atoms with van der Waals surface area (Å²) < 4.78 is 6.86. The van der Waals surface area contributed by atoms with Crippen LogP contribution in [0.2, 0.25) is 0 Å². The Bertz CT molecular complexity index is 3300.